The second kappa shape index (κ2) is 9.03. The Bertz CT molecular complexity index is 1280. The number of hydrogen-bond acceptors (Lipinski definition) is 7. The highest BCUT2D eigenvalue weighted by atomic mass is 19.1. The molecule has 2 N–H and O–H groups in total. The predicted molar refractivity (Wildman–Crippen MR) is 124 cm³/mol. The van der Waals surface area contributed by atoms with Crippen LogP contribution in [0.25, 0.3) is 16.8 Å². The molecule has 5 rings (SSSR count). The van der Waals surface area contributed by atoms with Gasteiger partial charge in [-0.3, -0.25) is 0 Å². The van der Waals surface area contributed by atoms with Gasteiger partial charge in [0.15, 0.2) is 0 Å². The summed E-state index contributed by atoms with van der Waals surface area (Å²) in [5.74, 6) is 1.40. The topological polar surface area (TPSA) is 85.6 Å². The minimum atomic E-state index is -0.912. The van der Waals surface area contributed by atoms with Crippen LogP contribution >= 0.6 is 0 Å². The summed E-state index contributed by atoms with van der Waals surface area (Å²) in [7, 11) is 3.19. The largest absolute Gasteiger partial charge is 0.495 e. The summed E-state index contributed by atoms with van der Waals surface area (Å²) in [5, 5.41) is 11.0. The number of nitrogens with zero attached hydrogens (tertiary/aromatic N) is 4. The van der Waals surface area contributed by atoms with Gasteiger partial charge in [0.05, 0.1) is 42.9 Å². The van der Waals surface area contributed by atoms with Crippen molar-refractivity contribution in [2.24, 2.45) is 0 Å². The molecule has 1 aliphatic rings. The second-order valence-corrected chi connectivity index (χ2v) is 7.90. The normalized spacial score (nSPS) is 18.3. The summed E-state index contributed by atoms with van der Waals surface area (Å²) in [6, 6.07) is 13.4. The molecule has 1 aliphatic heterocycles. The zero-order chi connectivity index (χ0) is 22.8. The summed E-state index contributed by atoms with van der Waals surface area (Å²) in [6.45, 7) is 1.18. The van der Waals surface area contributed by atoms with E-state index in [9.17, 15) is 4.39 Å². The first-order chi connectivity index (χ1) is 16.2. The van der Waals surface area contributed by atoms with Crippen LogP contribution in [0.1, 0.15) is 17.9 Å². The van der Waals surface area contributed by atoms with Crippen LogP contribution in [0.3, 0.4) is 0 Å². The lowest BCUT2D eigenvalue weighted by Crippen LogP contribution is -2.36. The molecular formula is C24H25FN6O2. The van der Waals surface area contributed by atoms with Gasteiger partial charge in [-0.1, -0.05) is 6.07 Å². The Labute approximate surface area is 190 Å². The van der Waals surface area contributed by atoms with Gasteiger partial charge in [-0.2, -0.15) is 0 Å². The monoisotopic (exact) mass is 448 g/mol. The molecule has 2 unspecified atom stereocenters. The van der Waals surface area contributed by atoms with Crippen LogP contribution in [0.4, 0.5) is 16.0 Å². The van der Waals surface area contributed by atoms with Gasteiger partial charge < -0.3 is 20.1 Å². The standard InChI is InChI=1S/C24H25FN6O2/c1-32-22-12-15(17-9-11-26-14-19(17)25)5-7-20(22)29-24-28-13-16-6-8-21(31(16)30-24)18-4-3-10-27-23(18)33-2/h3-8,10,12-13,17,19,26H,9,11,14H2,1-2H3,(H,29,30). The quantitative estimate of drug-likeness (QED) is 0.462. The highest BCUT2D eigenvalue weighted by molar-refractivity contribution is 5.71. The number of halogens is 1. The minimum Gasteiger partial charge on any atom is -0.495 e. The van der Waals surface area contributed by atoms with Crippen LogP contribution in [0, 0.1) is 0 Å². The van der Waals surface area contributed by atoms with Gasteiger partial charge >= 0.3 is 0 Å². The second-order valence-electron chi connectivity index (χ2n) is 7.90. The van der Waals surface area contributed by atoms with E-state index in [0.717, 1.165) is 35.3 Å². The fourth-order valence-corrected chi connectivity index (χ4v) is 4.27. The number of nitrogens with one attached hydrogen (secondary N) is 2. The number of rotatable bonds is 6. The van der Waals surface area contributed by atoms with Crippen molar-refractivity contribution in [3.05, 3.63) is 60.4 Å². The molecule has 3 aromatic heterocycles. The maximum atomic E-state index is 14.4. The zero-order valence-electron chi connectivity index (χ0n) is 18.5. The third-order valence-corrected chi connectivity index (χ3v) is 5.95. The van der Waals surface area contributed by atoms with Crippen molar-refractivity contribution in [3.63, 3.8) is 0 Å². The molecule has 0 spiro atoms. The molecule has 0 saturated carbocycles. The van der Waals surface area contributed by atoms with Crippen LogP contribution in [0.15, 0.2) is 54.9 Å². The maximum Gasteiger partial charge on any atom is 0.245 e. The van der Waals surface area contributed by atoms with E-state index in [1.165, 1.54) is 0 Å². The summed E-state index contributed by atoms with van der Waals surface area (Å²) in [4.78, 5) is 8.72. The fourth-order valence-electron chi connectivity index (χ4n) is 4.27. The molecule has 0 amide bonds. The number of benzene rings is 1. The lowest BCUT2D eigenvalue weighted by atomic mass is 9.88. The highest BCUT2D eigenvalue weighted by Crippen LogP contribution is 2.35. The van der Waals surface area contributed by atoms with Crippen LogP contribution in [-0.2, 0) is 0 Å². The molecule has 0 radical (unpaired) electrons. The Kier molecular flexibility index (Phi) is 5.78. The Hall–Kier alpha value is -3.72. The smallest absolute Gasteiger partial charge is 0.245 e. The third-order valence-electron chi connectivity index (χ3n) is 5.95. The number of piperidine rings is 1. The van der Waals surface area contributed by atoms with Gasteiger partial charge in [0.1, 0.15) is 11.9 Å². The van der Waals surface area contributed by atoms with Crippen molar-refractivity contribution in [2.75, 3.05) is 32.6 Å². The molecule has 4 heterocycles. The van der Waals surface area contributed by atoms with Gasteiger partial charge in [-0.15, -0.1) is 5.10 Å². The molecule has 2 atom stereocenters. The van der Waals surface area contributed by atoms with E-state index in [2.05, 4.69) is 25.7 Å². The van der Waals surface area contributed by atoms with Crippen LogP contribution < -0.4 is 20.1 Å². The van der Waals surface area contributed by atoms with Gasteiger partial charge in [0.2, 0.25) is 11.8 Å². The molecule has 1 saturated heterocycles. The molecule has 9 heteroatoms. The summed E-state index contributed by atoms with van der Waals surface area (Å²) >= 11 is 0. The van der Waals surface area contributed by atoms with Crippen LogP contribution in [0.5, 0.6) is 11.6 Å². The van der Waals surface area contributed by atoms with E-state index in [0.29, 0.717) is 29.8 Å². The number of fused-ring (bicyclic) bond motifs is 1. The first kappa shape index (κ1) is 21.1. The molecular weight excluding hydrogens is 423 g/mol. The van der Waals surface area contributed by atoms with Gasteiger partial charge in [0.25, 0.3) is 0 Å². The molecule has 8 nitrogen and oxygen atoms in total. The number of methoxy groups -OCH3 is 2. The van der Waals surface area contributed by atoms with Crippen molar-refractivity contribution in [1.29, 1.82) is 0 Å². The van der Waals surface area contributed by atoms with Gasteiger partial charge in [-0.25, -0.2) is 18.9 Å². The lowest BCUT2D eigenvalue weighted by Gasteiger charge is -2.27. The predicted octanol–water partition coefficient (Wildman–Crippen LogP) is 3.97. The molecule has 1 aromatic carbocycles. The lowest BCUT2D eigenvalue weighted by molar-refractivity contribution is 0.231. The Morgan fingerprint density at radius 3 is 2.85 bits per heavy atom. The van der Waals surface area contributed by atoms with Crippen molar-refractivity contribution >= 4 is 17.2 Å². The Morgan fingerprint density at radius 2 is 2.03 bits per heavy atom. The molecule has 33 heavy (non-hydrogen) atoms. The summed E-state index contributed by atoms with van der Waals surface area (Å²) in [5.41, 5.74) is 4.14. The number of ether oxygens (including phenoxy) is 2. The van der Waals surface area contributed by atoms with E-state index in [-0.39, 0.29) is 5.92 Å². The Balaban J connectivity index is 1.47. The number of anilines is 2. The van der Waals surface area contributed by atoms with Gasteiger partial charge in [-0.05, 0) is 54.9 Å². The Morgan fingerprint density at radius 1 is 1.12 bits per heavy atom. The number of aromatic nitrogens is 4. The fraction of sp³-hybridized carbons (Fsp3) is 0.292. The highest BCUT2D eigenvalue weighted by Gasteiger charge is 2.26. The van der Waals surface area contributed by atoms with Crippen molar-refractivity contribution in [3.8, 4) is 22.9 Å². The molecule has 0 bridgehead atoms. The van der Waals surface area contributed by atoms with Crippen molar-refractivity contribution in [1.82, 2.24) is 24.9 Å². The average molecular weight is 449 g/mol. The number of alkyl halides is 1. The number of pyridine rings is 1. The molecule has 0 aliphatic carbocycles. The summed E-state index contributed by atoms with van der Waals surface area (Å²) in [6.07, 6.45) is 3.27. The molecule has 4 aromatic rings. The van der Waals surface area contributed by atoms with Crippen LogP contribution in [-0.4, -0.2) is 53.1 Å². The maximum absolute atomic E-state index is 14.4. The first-order valence-corrected chi connectivity index (χ1v) is 10.8. The minimum absolute atomic E-state index is 0.140. The van der Waals surface area contributed by atoms with E-state index in [4.69, 9.17) is 9.47 Å². The third kappa shape index (κ3) is 4.07. The van der Waals surface area contributed by atoms with Crippen molar-refractivity contribution in [2.45, 2.75) is 18.5 Å². The van der Waals surface area contributed by atoms with E-state index < -0.39 is 6.17 Å². The zero-order valence-corrected chi connectivity index (χ0v) is 18.5. The number of hydrogen-bond donors (Lipinski definition) is 2. The van der Waals surface area contributed by atoms with E-state index in [1.54, 1.807) is 31.1 Å². The summed E-state index contributed by atoms with van der Waals surface area (Å²) < 4.78 is 27.2. The average Bonchev–Trinajstić information content (AvgIpc) is 3.27. The SMILES string of the molecule is COc1cc(C2CCNCC2F)ccc1Nc1ncc2ccc(-c3cccnc3OC)n2n1. The van der Waals surface area contributed by atoms with E-state index in [1.807, 2.05) is 42.5 Å². The molecule has 1 fully saturated rings. The van der Waals surface area contributed by atoms with E-state index >= 15 is 0 Å². The van der Waals surface area contributed by atoms with Gasteiger partial charge in [0, 0.05) is 18.7 Å². The first-order valence-electron chi connectivity index (χ1n) is 10.8. The molecule has 170 valence electrons. The van der Waals surface area contributed by atoms with Crippen molar-refractivity contribution < 1.29 is 13.9 Å². The van der Waals surface area contributed by atoms with Crippen LogP contribution in [0.2, 0.25) is 0 Å².